The van der Waals surface area contributed by atoms with Crippen LogP contribution in [0.25, 0.3) is 10.9 Å². The van der Waals surface area contributed by atoms with Crippen LogP contribution < -0.4 is 5.32 Å². The molecule has 5 heteroatoms. The van der Waals surface area contributed by atoms with Crippen molar-refractivity contribution in [2.75, 3.05) is 25.0 Å². The number of nitrogens with zero attached hydrogens (tertiary/aromatic N) is 2. The summed E-state index contributed by atoms with van der Waals surface area (Å²) in [5.41, 5.74) is 5.04. The Kier molecular flexibility index (Phi) is 5.30. The van der Waals surface area contributed by atoms with E-state index in [2.05, 4.69) is 51.3 Å². The van der Waals surface area contributed by atoms with Crippen LogP contribution in [0.5, 0.6) is 0 Å². The molecule has 1 fully saturated rings. The molecule has 5 rings (SSSR count). The SMILES string of the molecule is CC(=O)Nc1ccc2c(c1)C(CN1CCC(n3ccc4ccc(Cl)cc43)CC1)CC2. The van der Waals surface area contributed by atoms with E-state index in [0.717, 1.165) is 36.8 Å². The molecule has 156 valence electrons. The van der Waals surface area contributed by atoms with Crippen molar-refractivity contribution >= 4 is 34.1 Å². The highest BCUT2D eigenvalue weighted by Gasteiger charge is 2.28. The fourth-order valence-corrected chi connectivity index (χ4v) is 5.46. The van der Waals surface area contributed by atoms with Crippen LogP contribution in [0.2, 0.25) is 5.02 Å². The average Bonchev–Trinajstić information content (AvgIpc) is 3.32. The summed E-state index contributed by atoms with van der Waals surface area (Å²) in [6, 6.07) is 15.3. The summed E-state index contributed by atoms with van der Waals surface area (Å²) in [5, 5.41) is 5.00. The van der Waals surface area contributed by atoms with Gasteiger partial charge in [-0.05, 0) is 78.4 Å². The zero-order chi connectivity index (χ0) is 20.7. The molecule has 0 spiro atoms. The molecule has 1 unspecified atom stereocenters. The van der Waals surface area contributed by atoms with Gasteiger partial charge in [-0.3, -0.25) is 4.79 Å². The van der Waals surface area contributed by atoms with E-state index in [1.165, 1.54) is 41.3 Å². The Morgan fingerprint density at radius 3 is 2.73 bits per heavy atom. The van der Waals surface area contributed by atoms with E-state index in [0.29, 0.717) is 12.0 Å². The number of hydrogen-bond donors (Lipinski definition) is 1. The fourth-order valence-electron chi connectivity index (χ4n) is 5.29. The van der Waals surface area contributed by atoms with E-state index < -0.39 is 0 Å². The molecule has 4 nitrogen and oxygen atoms in total. The number of piperidine rings is 1. The maximum absolute atomic E-state index is 11.4. The van der Waals surface area contributed by atoms with Gasteiger partial charge < -0.3 is 14.8 Å². The molecule has 30 heavy (non-hydrogen) atoms. The second-order valence-corrected chi connectivity index (χ2v) is 9.22. The van der Waals surface area contributed by atoms with Gasteiger partial charge >= 0.3 is 0 Å². The molecule has 1 aliphatic carbocycles. The van der Waals surface area contributed by atoms with E-state index in [1.54, 1.807) is 6.92 Å². The third kappa shape index (κ3) is 3.86. The molecule has 0 saturated carbocycles. The number of carbonyl (C=O) groups is 1. The minimum atomic E-state index is -0.00890. The number of benzene rings is 2. The third-order valence-corrected chi connectivity index (χ3v) is 7.02. The highest BCUT2D eigenvalue weighted by atomic mass is 35.5. The molecule has 1 atom stereocenters. The predicted molar refractivity (Wildman–Crippen MR) is 123 cm³/mol. The first kappa shape index (κ1) is 19.7. The monoisotopic (exact) mass is 421 g/mol. The van der Waals surface area contributed by atoms with E-state index >= 15 is 0 Å². The lowest BCUT2D eigenvalue weighted by Gasteiger charge is -2.34. The number of aromatic nitrogens is 1. The van der Waals surface area contributed by atoms with Gasteiger partial charge in [0, 0.05) is 55.0 Å². The van der Waals surface area contributed by atoms with Crippen molar-refractivity contribution in [3.63, 3.8) is 0 Å². The number of rotatable bonds is 4. The highest BCUT2D eigenvalue weighted by molar-refractivity contribution is 6.31. The molecule has 1 amide bonds. The van der Waals surface area contributed by atoms with Gasteiger partial charge in [0.1, 0.15) is 0 Å². The molecular weight excluding hydrogens is 394 g/mol. The average molecular weight is 422 g/mol. The lowest BCUT2D eigenvalue weighted by atomic mass is 9.97. The summed E-state index contributed by atoms with van der Waals surface area (Å²) in [6.45, 7) is 4.93. The number of likely N-dealkylation sites (tertiary alicyclic amines) is 1. The lowest BCUT2D eigenvalue weighted by molar-refractivity contribution is -0.114. The lowest BCUT2D eigenvalue weighted by Crippen LogP contribution is -2.36. The van der Waals surface area contributed by atoms with Crippen molar-refractivity contribution in [1.82, 2.24) is 9.47 Å². The molecule has 2 aromatic carbocycles. The summed E-state index contributed by atoms with van der Waals surface area (Å²) < 4.78 is 2.42. The summed E-state index contributed by atoms with van der Waals surface area (Å²) in [4.78, 5) is 14.0. The van der Waals surface area contributed by atoms with Gasteiger partial charge in [-0.1, -0.05) is 23.7 Å². The molecule has 1 N–H and O–H groups in total. The maximum atomic E-state index is 11.4. The molecular formula is C25H28ClN3O. The Balaban J connectivity index is 1.24. The third-order valence-electron chi connectivity index (χ3n) is 6.78. The molecule has 1 aliphatic heterocycles. The smallest absolute Gasteiger partial charge is 0.221 e. The maximum Gasteiger partial charge on any atom is 0.221 e. The molecule has 1 saturated heterocycles. The first-order valence-corrected chi connectivity index (χ1v) is 11.3. The number of nitrogens with one attached hydrogen (secondary N) is 1. The number of fused-ring (bicyclic) bond motifs is 2. The largest absolute Gasteiger partial charge is 0.344 e. The minimum absolute atomic E-state index is 0.00890. The van der Waals surface area contributed by atoms with Crippen LogP contribution in [-0.2, 0) is 11.2 Å². The molecule has 1 aromatic heterocycles. The molecule has 0 bridgehead atoms. The van der Waals surface area contributed by atoms with Crippen molar-refractivity contribution in [2.24, 2.45) is 0 Å². The van der Waals surface area contributed by atoms with E-state index in [4.69, 9.17) is 11.6 Å². The highest BCUT2D eigenvalue weighted by Crippen LogP contribution is 2.37. The minimum Gasteiger partial charge on any atom is -0.344 e. The summed E-state index contributed by atoms with van der Waals surface area (Å²) in [5.74, 6) is 0.557. The molecule has 0 radical (unpaired) electrons. The molecule has 2 heterocycles. The van der Waals surface area contributed by atoms with Crippen LogP contribution in [0.4, 0.5) is 5.69 Å². The van der Waals surface area contributed by atoms with E-state index in [1.807, 2.05) is 12.1 Å². The van der Waals surface area contributed by atoms with E-state index in [9.17, 15) is 4.79 Å². The summed E-state index contributed by atoms with van der Waals surface area (Å²) in [7, 11) is 0. The number of halogens is 1. The first-order valence-electron chi connectivity index (χ1n) is 11.0. The zero-order valence-electron chi connectivity index (χ0n) is 17.4. The number of hydrogen-bond acceptors (Lipinski definition) is 2. The molecule has 3 aromatic rings. The summed E-state index contributed by atoms with van der Waals surface area (Å²) in [6.07, 6.45) is 6.91. The Hall–Kier alpha value is -2.30. The van der Waals surface area contributed by atoms with Gasteiger partial charge in [0.15, 0.2) is 0 Å². The van der Waals surface area contributed by atoms with E-state index in [-0.39, 0.29) is 5.91 Å². The van der Waals surface area contributed by atoms with Crippen LogP contribution in [0.15, 0.2) is 48.7 Å². The fraction of sp³-hybridized carbons (Fsp3) is 0.400. The molecule has 2 aliphatic rings. The van der Waals surface area contributed by atoms with Gasteiger partial charge in [0.05, 0.1) is 0 Å². The quantitative estimate of drug-likeness (QED) is 0.593. The second kappa shape index (κ2) is 8.09. The van der Waals surface area contributed by atoms with Crippen LogP contribution >= 0.6 is 11.6 Å². The van der Waals surface area contributed by atoms with Gasteiger partial charge in [-0.15, -0.1) is 0 Å². The van der Waals surface area contributed by atoms with Crippen molar-refractivity contribution in [1.29, 1.82) is 0 Å². The van der Waals surface area contributed by atoms with Gasteiger partial charge in [0.25, 0.3) is 0 Å². The van der Waals surface area contributed by atoms with Crippen molar-refractivity contribution in [3.8, 4) is 0 Å². The normalized spacial score (nSPS) is 19.9. The summed E-state index contributed by atoms with van der Waals surface area (Å²) >= 11 is 6.24. The Morgan fingerprint density at radius 2 is 1.93 bits per heavy atom. The topological polar surface area (TPSA) is 37.3 Å². The van der Waals surface area contributed by atoms with Gasteiger partial charge in [-0.25, -0.2) is 0 Å². The van der Waals surface area contributed by atoms with Crippen LogP contribution in [0, 0.1) is 0 Å². The predicted octanol–water partition coefficient (Wildman–Crippen LogP) is 5.62. The van der Waals surface area contributed by atoms with Crippen LogP contribution in [-0.4, -0.2) is 35.0 Å². The van der Waals surface area contributed by atoms with Crippen LogP contribution in [0.3, 0.4) is 0 Å². The van der Waals surface area contributed by atoms with Gasteiger partial charge in [-0.2, -0.15) is 0 Å². The number of carbonyl (C=O) groups excluding carboxylic acids is 1. The van der Waals surface area contributed by atoms with Crippen molar-refractivity contribution in [2.45, 2.75) is 44.6 Å². The first-order chi connectivity index (χ1) is 14.6. The Bertz CT molecular complexity index is 1080. The zero-order valence-corrected chi connectivity index (χ0v) is 18.2. The van der Waals surface area contributed by atoms with Gasteiger partial charge in [0.2, 0.25) is 5.91 Å². The number of amides is 1. The second-order valence-electron chi connectivity index (χ2n) is 8.79. The van der Waals surface area contributed by atoms with Crippen molar-refractivity contribution in [3.05, 3.63) is 64.8 Å². The number of anilines is 1. The Morgan fingerprint density at radius 1 is 1.10 bits per heavy atom. The van der Waals surface area contributed by atoms with Crippen molar-refractivity contribution < 1.29 is 4.79 Å². The standard InChI is InChI=1S/C25H28ClN3O/c1-17(30)27-22-7-5-18-2-3-20(24(18)15-22)16-28-11-9-23(10-12-28)29-13-8-19-4-6-21(26)14-25(19)29/h4-8,13-15,20,23H,2-3,9-12,16H2,1H3,(H,27,30). The number of aryl methyl sites for hydroxylation is 1. The van der Waals surface area contributed by atoms with Crippen LogP contribution in [0.1, 0.15) is 49.3 Å². The Labute approximate surface area is 182 Å².